The summed E-state index contributed by atoms with van der Waals surface area (Å²) in [5, 5.41) is 3.04. The first kappa shape index (κ1) is 14.8. The van der Waals surface area contributed by atoms with Gasteiger partial charge < -0.3 is 9.30 Å². The van der Waals surface area contributed by atoms with Gasteiger partial charge in [0.25, 0.3) is 0 Å². The summed E-state index contributed by atoms with van der Waals surface area (Å²) in [6.45, 7) is 0.656. The van der Waals surface area contributed by atoms with Crippen LogP contribution in [0, 0.1) is 0 Å². The summed E-state index contributed by atoms with van der Waals surface area (Å²) in [5.41, 5.74) is 1.01. The molecule has 0 amide bonds. The van der Waals surface area contributed by atoms with E-state index in [-0.39, 0.29) is 0 Å². The minimum Gasteiger partial charge on any atom is -0.457 e. The maximum atomic E-state index is 6.16. The van der Waals surface area contributed by atoms with Crippen LogP contribution in [-0.2, 0) is 6.54 Å². The zero-order valence-electron chi connectivity index (χ0n) is 12.9. The minimum absolute atomic E-state index is 0.656. The Morgan fingerprint density at radius 3 is 2.67 bits per heavy atom. The smallest absolute Gasteiger partial charge is 0.132 e. The number of benzene rings is 3. The van der Waals surface area contributed by atoms with Crippen LogP contribution < -0.4 is 4.74 Å². The van der Waals surface area contributed by atoms with Gasteiger partial charge in [-0.2, -0.15) is 0 Å². The second-order valence-electron chi connectivity index (χ2n) is 5.60. The fourth-order valence-corrected chi connectivity index (χ4v) is 2.90. The molecule has 3 nitrogen and oxygen atoms in total. The van der Waals surface area contributed by atoms with Crippen LogP contribution in [0.25, 0.3) is 10.8 Å². The zero-order chi connectivity index (χ0) is 16.4. The number of nitrogens with zero attached hydrogens (tertiary/aromatic N) is 2. The van der Waals surface area contributed by atoms with Crippen molar-refractivity contribution in [3.63, 3.8) is 0 Å². The van der Waals surface area contributed by atoms with Crippen molar-refractivity contribution in [2.75, 3.05) is 0 Å². The Morgan fingerprint density at radius 2 is 1.83 bits per heavy atom. The predicted molar refractivity (Wildman–Crippen MR) is 96.8 cm³/mol. The Hall–Kier alpha value is -2.78. The molecule has 1 aromatic heterocycles. The van der Waals surface area contributed by atoms with Crippen LogP contribution in [0.15, 0.2) is 79.4 Å². The van der Waals surface area contributed by atoms with Crippen LogP contribution in [0.2, 0.25) is 5.02 Å². The Balaban J connectivity index is 1.67. The molecule has 0 bridgehead atoms. The van der Waals surface area contributed by atoms with Crippen molar-refractivity contribution < 1.29 is 4.74 Å². The van der Waals surface area contributed by atoms with Gasteiger partial charge in [0.1, 0.15) is 11.5 Å². The summed E-state index contributed by atoms with van der Waals surface area (Å²) in [6, 6.07) is 20.0. The SMILES string of the molecule is Clc1ccc(Oc2ccc3ccccc3c2)c(Cn2ccnc2)c1. The van der Waals surface area contributed by atoms with Crippen molar-refractivity contribution in [1.29, 1.82) is 0 Å². The van der Waals surface area contributed by atoms with Gasteiger partial charge in [-0.25, -0.2) is 4.98 Å². The fraction of sp³-hybridized carbons (Fsp3) is 0.0500. The Morgan fingerprint density at radius 1 is 0.958 bits per heavy atom. The molecule has 118 valence electrons. The normalized spacial score (nSPS) is 10.9. The lowest BCUT2D eigenvalue weighted by Gasteiger charge is -2.13. The summed E-state index contributed by atoms with van der Waals surface area (Å²) in [6.07, 6.45) is 5.45. The number of rotatable bonds is 4. The van der Waals surface area contributed by atoms with E-state index >= 15 is 0 Å². The first-order valence-electron chi connectivity index (χ1n) is 7.69. The van der Waals surface area contributed by atoms with Crippen molar-refractivity contribution in [3.8, 4) is 11.5 Å². The molecule has 0 aliphatic carbocycles. The van der Waals surface area contributed by atoms with E-state index in [2.05, 4.69) is 23.2 Å². The molecule has 0 radical (unpaired) electrons. The molecule has 4 heteroatoms. The van der Waals surface area contributed by atoms with Gasteiger partial charge >= 0.3 is 0 Å². The molecule has 4 aromatic rings. The molecule has 1 heterocycles. The number of halogens is 1. The van der Waals surface area contributed by atoms with Crippen molar-refractivity contribution in [3.05, 3.63) is 90.0 Å². The second kappa shape index (κ2) is 6.38. The van der Waals surface area contributed by atoms with Gasteiger partial charge in [-0.3, -0.25) is 0 Å². The molecule has 0 atom stereocenters. The van der Waals surface area contributed by atoms with Crippen LogP contribution in [-0.4, -0.2) is 9.55 Å². The van der Waals surface area contributed by atoms with Crippen molar-refractivity contribution in [2.45, 2.75) is 6.54 Å². The van der Waals surface area contributed by atoms with Crippen LogP contribution in [0.4, 0.5) is 0 Å². The number of fused-ring (bicyclic) bond motifs is 1. The molecule has 4 rings (SSSR count). The summed E-state index contributed by atoms with van der Waals surface area (Å²) in [7, 11) is 0. The summed E-state index contributed by atoms with van der Waals surface area (Å²) in [5.74, 6) is 1.60. The molecule has 0 aliphatic rings. The van der Waals surface area contributed by atoms with E-state index in [1.54, 1.807) is 12.5 Å². The number of hydrogen-bond acceptors (Lipinski definition) is 2. The second-order valence-corrected chi connectivity index (χ2v) is 6.03. The molecule has 3 aromatic carbocycles. The molecular formula is C20H15ClN2O. The van der Waals surface area contributed by atoms with Gasteiger partial charge in [0, 0.05) is 23.0 Å². The third-order valence-electron chi connectivity index (χ3n) is 3.88. The standard InChI is InChI=1S/C20H15ClN2O/c21-18-6-8-20(17(11-18)13-23-10-9-22-14-23)24-19-7-5-15-3-1-2-4-16(15)12-19/h1-12,14H,13H2. The topological polar surface area (TPSA) is 27.1 Å². The van der Waals surface area contributed by atoms with Crippen molar-refractivity contribution in [2.24, 2.45) is 0 Å². The van der Waals surface area contributed by atoms with Gasteiger partial charge in [0.05, 0.1) is 12.9 Å². The van der Waals surface area contributed by atoms with Crippen LogP contribution in [0.3, 0.4) is 0 Å². The summed E-state index contributed by atoms with van der Waals surface area (Å²) in [4.78, 5) is 4.08. The molecule has 0 fully saturated rings. The van der Waals surface area contributed by atoms with E-state index in [1.807, 2.05) is 53.2 Å². The number of aromatic nitrogens is 2. The molecule has 0 spiro atoms. The maximum absolute atomic E-state index is 6.16. The van der Waals surface area contributed by atoms with Gasteiger partial charge in [-0.05, 0) is 41.1 Å². The van der Waals surface area contributed by atoms with E-state index < -0.39 is 0 Å². The average molecular weight is 335 g/mol. The third-order valence-corrected chi connectivity index (χ3v) is 4.12. The van der Waals surface area contributed by atoms with Crippen LogP contribution >= 0.6 is 11.6 Å². The Labute approximate surface area is 145 Å². The minimum atomic E-state index is 0.656. The lowest BCUT2D eigenvalue weighted by atomic mass is 10.1. The molecule has 0 unspecified atom stereocenters. The van der Waals surface area contributed by atoms with Crippen LogP contribution in [0.1, 0.15) is 5.56 Å². The Bertz CT molecular complexity index is 980. The molecule has 24 heavy (non-hydrogen) atoms. The van der Waals surface area contributed by atoms with E-state index in [0.717, 1.165) is 22.4 Å². The largest absolute Gasteiger partial charge is 0.457 e. The number of imidazole rings is 1. The summed E-state index contributed by atoms with van der Waals surface area (Å²) >= 11 is 6.16. The third kappa shape index (κ3) is 3.12. The highest BCUT2D eigenvalue weighted by molar-refractivity contribution is 6.30. The predicted octanol–water partition coefficient (Wildman–Crippen LogP) is 5.53. The lowest BCUT2D eigenvalue weighted by molar-refractivity contribution is 0.475. The van der Waals surface area contributed by atoms with Crippen molar-refractivity contribution in [1.82, 2.24) is 9.55 Å². The molecular weight excluding hydrogens is 320 g/mol. The maximum Gasteiger partial charge on any atom is 0.132 e. The van der Waals surface area contributed by atoms with Crippen LogP contribution in [0.5, 0.6) is 11.5 Å². The van der Waals surface area contributed by atoms with E-state index in [9.17, 15) is 0 Å². The number of hydrogen-bond donors (Lipinski definition) is 0. The quantitative estimate of drug-likeness (QED) is 0.490. The zero-order valence-corrected chi connectivity index (χ0v) is 13.6. The average Bonchev–Trinajstić information content (AvgIpc) is 3.10. The highest BCUT2D eigenvalue weighted by Gasteiger charge is 2.08. The van der Waals surface area contributed by atoms with E-state index in [0.29, 0.717) is 11.6 Å². The van der Waals surface area contributed by atoms with Gasteiger partial charge in [0.2, 0.25) is 0 Å². The molecule has 0 N–H and O–H groups in total. The molecule has 0 saturated carbocycles. The van der Waals surface area contributed by atoms with Gasteiger partial charge in [-0.15, -0.1) is 0 Å². The monoisotopic (exact) mass is 334 g/mol. The van der Waals surface area contributed by atoms with Gasteiger partial charge in [-0.1, -0.05) is 41.9 Å². The summed E-state index contributed by atoms with van der Waals surface area (Å²) < 4.78 is 8.11. The van der Waals surface area contributed by atoms with Crippen molar-refractivity contribution >= 4 is 22.4 Å². The first-order chi connectivity index (χ1) is 11.8. The highest BCUT2D eigenvalue weighted by atomic mass is 35.5. The number of ether oxygens (including phenoxy) is 1. The molecule has 0 saturated heterocycles. The van der Waals surface area contributed by atoms with E-state index in [1.165, 1.54) is 5.39 Å². The fourth-order valence-electron chi connectivity index (χ4n) is 2.71. The highest BCUT2D eigenvalue weighted by Crippen LogP contribution is 2.30. The van der Waals surface area contributed by atoms with E-state index in [4.69, 9.17) is 16.3 Å². The lowest BCUT2D eigenvalue weighted by Crippen LogP contribution is -1.99. The first-order valence-corrected chi connectivity index (χ1v) is 8.06. The molecule has 0 aliphatic heterocycles. The van der Waals surface area contributed by atoms with Gasteiger partial charge in [0.15, 0.2) is 0 Å². The Kier molecular flexibility index (Phi) is 3.93.